The Morgan fingerprint density at radius 3 is 0.811 bits per heavy atom. The molecular weight excluding hydrogens is 909 g/mol. The quantitative estimate of drug-likeness (QED) is 0.0373. The van der Waals surface area contributed by atoms with Crippen LogP contribution in [-0.2, 0) is 19.1 Å². The normalized spacial score (nSPS) is 13.4. The van der Waals surface area contributed by atoms with Gasteiger partial charge in [-0.3, -0.25) is 9.59 Å². The average Bonchev–Trinajstić information content (AvgIpc) is 3.40. The number of ether oxygens (including phenoxy) is 2. The maximum atomic E-state index is 12.3. The van der Waals surface area contributed by atoms with Gasteiger partial charge in [-0.15, -0.1) is 0 Å². The van der Waals surface area contributed by atoms with Gasteiger partial charge in [-0.25, -0.2) is 0 Å². The third-order valence-electron chi connectivity index (χ3n) is 12.3. The van der Waals surface area contributed by atoms with Crippen molar-refractivity contribution in [2.75, 3.05) is 13.2 Å². The monoisotopic (exact) mass is 1020 g/mol. The first-order valence-electron chi connectivity index (χ1n) is 30.0. The van der Waals surface area contributed by atoms with Crippen LogP contribution >= 0.6 is 0 Å². The van der Waals surface area contributed by atoms with E-state index in [0.717, 1.165) is 128 Å². The third-order valence-corrected chi connectivity index (χ3v) is 12.3. The van der Waals surface area contributed by atoms with Crippen molar-refractivity contribution in [1.29, 1.82) is 0 Å². The van der Waals surface area contributed by atoms with Gasteiger partial charge in [-0.2, -0.15) is 0 Å². The lowest BCUT2D eigenvalue weighted by atomic mass is 10.0. The molecule has 0 aromatic carbocycles. The highest BCUT2D eigenvalue weighted by atomic mass is 16.6. The Morgan fingerprint density at radius 2 is 0.541 bits per heavy atom. The summed E-state index contributed by atoms with van der Waals surface area (Å²) in [5, 5.41) is 9.67. The first-order chi connectivity index (χ1) is 36.6. The summed E-state index contributed by atoms with van der Waals surface area (Å²) in [5.74, 6) is -0.613. The topological polar surface area (TPSA) is 72.8 Å². The van der Waals surface area contributed by atoms with Crippen molar-refractivity contribution >= 4 is 11.9 Å². The van der Waals surface area contributed by atoms with E-state index in [9.17, 15) is 14.7 Å². The third kappa shape index (κ3) is 60.1. The summed E-state index contributed by atoms with van der Waals surface area (Å²) in [6.07, 6.45) is 96.4. The largest absolute Gasteiger partial charge is 0.462 e. The second kappa shape index (κ2) is 62.8. The van der Waals surface area contributed by atoms with Crippen molar-refractivity contribution in [3.63, 3.8) is 0 Å². The Bertz CT molecular complexity index is 1620. The molecule has 0 aliphatic heterocycles. The van der Waals surface area contributed by atoms with Gasteiger partial charge in [-0.05, 0) is 122 Å². The van der Waals surface area contributed by atoms with Crippen LogP contribution < -0.4 is 0 Å². The lowest BCUT2D eigenvalue weighted by Gasteiger charge is -2.15. The molecule has 5 nitrogen and oxygen atoms in total. The minimum absolute atomic E-state index is 0.0813. The van der Waals surface area contributed by atoms with Gasteiger partial charge in [0.15, 0.2) is 6.10 Å². The summed E-state index contributed by atoms with van der Waals surface area (Å²) in [4.78, 5) is 24.6. The van der Waals surface area contributed by atoms with Gasteiger partial charge in [0, 0.05) is 12.8 Å². The number of carbonyl (C=O) groups is 2. The number of carbonyl (C=O) groups excluding carboxylic acids is 2. The van der Waals surface area contributed by atoms with Crippen molar-refractivity contribution in [2.24, 2.45) is 0 Å². The van der Waals surface area contributed by atoms with E-state index in [1.54, 1.807) is 0 Å². The molecule has 0 rings (SSSR count). The molecule has 1 unspecified atom stereocenters. The average molecular weight is 1020 g/mol. The van der Waals surface area contributed by atoms with Gasteiger partial charge in [0.1, 0.15) is 6.61 Å². The summed E-state index contributed by atoms with van der Waals surface area (Å²) in [6, 6.07) is 0. The van der Waals surface area contributed by atoms with E-state index in [2.05, 4.69) is 172 Å². The molecule has 0 amide bonds. The zero-order valence-electron chi connectivity index (χ0n) is 47.5. The Morgan fingerprint density at radius 1 is 0.311 bits per heavy atom. The number of rotatable bonds is 53. The predicted molar refractivity (Wildman–Crippen MR) is 324 cm³/mol. The molecule has 0 spiro atoms. The molecule has 0 radical (unpaired) electrons. The van der Waals surface area contributed by atoms with E-state index in [0.29, 0.717) is 12.8 Å². The SMILES string of the molecule is CC/C=C\C/C=C\C/C=C\C/C=C\C/C=C\C/C=C\C/C=C\C/C=C\CCCCCCCCCCCCCCC(=O)OC(CO)COC(=O)CCCCCCCCC/C=C\C/C=C\C/C=C\C/C=C\C/C=C\CC. The van der Waals surface area contributed by atoms with Crippen molar-refractivity contribution in [1.82, 2.24) is 0 Å². The van der Waals surface area contributed by atoms with Crippen molar-refractivity contribution in [3.8, 4) is 0 Å². The van der Waals surface area contributed by atoms with Crippen LogP contribution in [0.5, 0.6) is 0 Å². The molecule has 74 heavy (non-hydrogen) atoms. The Labute approximate surface area is 456 Å². The Kier molecular flexibility index (Phi) is 59.0. The Hall–Kier alpha value is -4.48. The molecule has 0 aromatic rings. The van der Waals surface area contributed by atoms with Crippen LogP contribution in [0.2, 0.25) is 0 Å². The molecule has 0 saturated heterocycles. The first kappa shape index (κ1) is 69.5. The number of esters is 2. The summed E-state index contributed by atoms with van der Waals surface area (Å²) in [6.45, 7) is 3.90. The van der Waals surface area contributed by atoms with E-state index in [1.807, 2.05) is 0 Å². The van der Waals surface area contributed by atoms with E-state index >= 15 is 0 Å². The Balaban J connectivity index is 3.57. The van der Waals surface area contributed by atoms with E-state index in [4.69, 9.17) is 9.47 Å². The maximum Gasteiger partial charge on any atom is 0.306 e. The van der Waals surface area contributed by atoms with Crippen LogP contribution in [0.1, 0.15) is 245 Å². The highest BCUT2D eigenvalue weighted by Gasteiger charge is 2.16. The van der Waals surface area contributed by atoms with Crippen LogP contribution in [0.3, 0.4) is 0 Å². The van der Waals surface area contributed by atoms with Gasteiger partial charge in [0.05, 0.1) is 6.61 Å². The van der Waals surface area contributed by atoms with Crippen molar-refractivity contribution in [3.05, 3.63) is 158 Å². The number of unbranched alkanes of at least 4 members (excludes halogenated alkanes) is 19. The molecule has 0 bridgehead atoms. The zero-order chi connectivity index (χ0) is 53.4. The minimum atomic E-state index is -0.790. The molecule has 416 valence electrons. The smallest absolute Gasteiger partial charge is 0.306 e. The van der Waals surface area contributed by atoms with Crippen molar-refractivity contribution < 1.29 is 24.2 Å². The first-order valence-corrected chi connectivity index (χ1v) is 30.0. The fraction of sp³-hybridized carbons (Fsp3) is 0.594. The lowest BCUT2D eigenvalue weighted by molar-refractivity contribution is -0.161. The molecule has 0 heterocycles. The van der Waals surface area contributed by atoms with Gasteiger partial charge >= 0.3 is 11.9 Å². The van der Waals surface area contributed by atoms with E-state index in [-0.39, 0.29) is 25.2 Å². The molecule has 1 atom stereocenters. The van der Waals surface area contributed by atoms with Crippen LogP contribution in [0.25, 0.3) is 0 Å². The van der Waals surface area contributed by atoms with Crippen LogP contribution in [0, 0.1) is 0 Å². The fourth-order valence-corrected chi connectivity index (χ4v) is 7.89. The second-order valence-electron chi connectivity index (χ2n) is 19.3. The standard InChI is InChI=1S/C69H110O5/c1-3-5-7-9-11-13-15-17-19-21-23-25-27-28-29-30-31-32-33-34-35-36-37-38-39-40-42-44-46-48-50-52-54-56-58-60-62-64-69(72)74-67(65-70)66-73-68(71)63-61-59-57-55-53-51-49-47-45-43-41-26-24-22-20-18-16-14-12-10-8-6-4-2/h5-8,11-14,17-20,23-26,28-29,31-32,34-35,37-38,43,45,67,70H,3-4,9-10,15-16,21-22,27,30,33,36,39-42,44,46-66H2,1-2H3/b7-5-,8-6-,13-11-,14-12-,19-17-,20-18-,25-23-,26-24-,29-28-,32-31-,35-34-,38-37-,45-43-. The molecule has 0 fully saturated rings. The van der Waals surface area contributed by atoms with Gasteiger partial charge in [-0.1, -0.05) is 268 Å². The molecule has 5 heteroatoms. The zero-order valence-corrected chi connectivity index (χ0v) is 47.5. The van der Waals surface area contributed by atoms with Gasteiger partial charge in [0.25, 0.3) is 0 Å². The highest BCUT2D eigenvalue weighted by molar-refractivity contribution is 5.70. The van der Waals surface area contributed by atoms with E-state index in [1.165, 1.54) is 89.9 Å². The van der Waals surface area contributed by atoms with Crippen LogP contribution in [0.15, 0.2) is 158 Å². The molecule has 1 N–H and O–H groups in total. The number of hydrogen-bond acceptors (Lipinski definition) is 5. The van der Waals surface area contributed by atoms with Crippen LogP contribution in [-0.4, -0.2) is 36.4 Å². The molecule has 0 aliphatic carbocycles. The van der Waals surface area contributed by atoms with E-state index < -0.39 is 6.10 Å². The van der Waals surface area contributed by atoms with Gasteiger partial charge < -0.3 is 14.6 Å². The summed E-state index contributed by atoms with van der Waals surface area (Å²) >= 11 is 0. The lowest BCUT2D eigenvalue weighted by Crippen LogP contribution is -2.28. The van der Waals surface area contributed by atoms with Crippen LogP contribution in [0.4, 0.5) is 0 Å². The number of aliphatic hydroxyl groups excluding tert-OH is 1. The maximum absolute atomic E-state index is 12.3. The predicted octanol–water partition coefficient (Wildman–Crippen LogP) is 20.7. The summed E-state index contributed by atoms with van der Waals surface area (Å²) in [5.41, 5.74) is 0. The minimum Gasteiger partial charge on any atom is -0.462 e. The fourth-order valence-electron chi connectivity index (χ4n) is 7.89. The molecule has 0 saturated carbocycles. The number of hydrogen-bond donors (Lipinski definition) is 1. The second-order valence-corrected chi connectivity index (χ2v) is 19.3. The highest BCUT2D eigenvalue weighted by Crippen LogP contribution is 2.15. The number of aliphatic hydroxyl groups is 1. The molecule has 0 aliphatic rings. The number of allylic oxidation sites excluding steroid dienone is 26. The summed E-state index contributed by atoms with van der Waals surface area (Å²) < 4.78 is 10.7. The molecular formula is C69H110O5. The van der Waals surface area contributed by atoms with Crippen molar-refractivity contribution in [2.45, 2.75) is 251 Å². The summed E-state index contributed by atoms with van der Waals surface area (Å²) in [7, 11) is 0. The molecule has 0 aromatic heterocycles. The van der Waals surface area contributed by atoms with Gasteiger partial charge in [0.2, 0.25) is 0 Å².